The van der Waals surface area contributed by atoms with Crippen molar-refractivity contribution >= 4 is 40.4 Å². The van der Waals surface area contributed by atoms with Crippen LogP contribution in [0.3, 0.4) is 0 Å². The van der Waals surface area contributed by atoms with Crippen LogP contribution in [-0.4, -0.2) is 10.5 Å². The SMILES string of the molecule is N#CC1=C(N)n2c(s/c(=C\c3ccccc3)c2=O)=C(C(=O)Nc2ccccc2F)C1c1ccccc1. The highest BCUT2D eigenvalue weighted by molar-refractivity contribution is 7.07. The highest BCUT2D eigenvalue weighted by atomic mass is 32.1. The maximum atomic E-state index is 14.4. The minimum Gasteiger partial charge on any atom is -0.384 e. The fraction of sp³-hybridized carbons (Fsp3) is 0.0357. The van der Waals surface area contributed by atoms with Crippen LogP contribution in [0.25, 0.3) is 17.5 Å². The van der Waals surface area contributed by atoms with Crippen LogP contribution in [0, 0.1) is 17.1 Å². The lowest BCUT2D eigenvalue weighted by atomic mass is 9.83. The van der Waals surface area contributed by atoms with Crippen LogP contribution < -0.4 is 25.8 Å². The number of para-hydroxylation sites is 1. The van der Waals surface area contributed by atoms with E-state index in [2.05, 4.69) is 11.4 Å². The molecular weight excluding hydrogens is 475 g/mol. The molecule has 2 heterocycles. The number of halogens is 1. The Morgan fingerprint density at radius 1 is 1.03 bits per heavy atom. The molecule has 6 nitrogen and oxygen atoms in total. The van der Waals surface area contributed by atoms with Gasteiger partial charge in [0.1, 0.15) is 16.3 Å². The lowest BCUT2D eigenvalue weighted by molar-refractivity contribution is -0.111. The first-order valence-corrected chi connectivity index (χ1v) is 11.8. The summed E-state index contributed by atoms with van der Waals surface area (Å²) < 4.78 is 16.2. The Kier molecular flexibility index (Phi) is 6.07. The summed E-state index contributed by atoms with van der Waals surface area (Å²) in [6.45, 7) is 0. The number of fused-ring (bicyclic) bond motifs is 1. The number of nitriles is 1. The molecule has 5 rings (SSSR count). The van der Waals surface area contributed by atoms with E-state index in [1.54, 1.807) is 36.4 Å². The molecule has 0 radical (unpaired) electrons. The molecule has 0 saturated heterocycles. The van der Waals surface area contributed by atoms with Crippen LogP contribution in [0.2, 0.25) is 0 Å². The standard InChI is InChI=1S/C28H19FN4O2S/c29-20-13-7-8-14-21(20)32-26(34)24-23(18-11-5-2-6-12-18)19(16-30)25(31)33-27(35)22(36-28(24)33)15-17-9-3-1-4-10-17/h1-15,23H,31H2,(H,32,34)/b22-15-. The number of hydrogen-bond donors (Lipinski definition) is 2. The molecule has 176 valence electrons. The second-order valence-electron chi connectivity index (χ2n) is 8.07. The first kappa shape index (κ1) is 23.0. The largest absolute Gasteiger partial charge is 0.384 e. The fourth-order valence-corrected chi connectivity index (χ4v) is 5.37. The molecule has 1 amide bonds. The van der Waals surface area contributed by atoms with Crippen LogP contribution in [0.5, 0.6) is 0 Å². The van der Waals surface area contributed by atoms with Gasteiger partial charge in [-0.25, -0.2) is 4.39 Å². The third kappa shape index (κ3) is 4.02. The van der Waals surface area contributed by atoms with Gasteiger partial charge in [0.05, 0.1) is 33.4 Å². The summed E-state index contributed by atoms with van der Waals surface area (Å²) in [4.78, 5) is 27.1. The number of thiazole rings is 1. The Bertz CT molecular complexity index is 1730. The van der Waals surface area contributed by atoms with E-state index in [0.29, 0.717) is 14.8 Å². The predicted molar refractivity (Wildman–Crippen MR) is 138 cm³/mol. The van der Waals surface area contributed by atoms with E-state index in [1.807, 2.05) is 36.4 Å². The van der Waals surface area contributed by atoms with Gasteiger partial charge in [0.15, 0.2) is 0 Å². The molecule has 1 unspecified atom stereocenters. The Morgan fingerprint density at radius 3 is 2.33 bits per heavy atom. The van der Waals surface area contributed by atoms with Crippen molar-refractivity contribution in [2.75, 3.05) is 5.32 Å². The lowest BCUT2D eigenvalue weighted by Gasteiger charge is -2.25. The zero-order valence-corrected chi connectivity index (χ0v) is 19.6. The van der Waals surface area contributed by atoms with Gasteiger partial charge in [-0.1, -0.05) is 72.8 Å². The molecule has 1 aliphatic rings. The topological polar surface area (TPSA) is 101 Å². The van der Waals surface area contributed by atoms with Crippen molar-refractivity contribution in [3.05, 3.63) is 127 Å². The van der Waals surface area contributed by atoms with Crippen LogP contribution >= 0.6 is 11.3 Å². The minimum atomic E-state index is -0.842. The Balaban J connectivity index is 1.82. The van der Waals surface area contributed by atoms with Gasteiger partial charge in [-0.2, -0.15) is 5.26 Å². The number of rotatable bonds is 4. The van der Waals surface area contributed by atoms with E-state index >= 15 is 0 Å². The molecule has 3 aromatic carbocycles. The van der Waals surface area contributed by atoms with Gasteiger partial charge in [-0.15, -0.1) is 11.3 Å². The quantitative estimate of drug-likeness (QED) is 0.455. The van der Waals surface area contributed by atoms with E-state index in [1.165, 1.54) is 22.8 Å². The molecule has 1 aliphatic heterocycles. The Hall–Kier alpha value is -4.74. The molecule has 4 aromatic rings. The zero-order valence-electron chi connectivity index (χ0n) is 18.8. The number of benzene rings is 3. The molecule has 3 N–H and O–H groups in total. The van der Waals surface area contributed by atoms with Crippen LogP contribution in [0.1, 0.15) is 17.0 Å². The van der Waals surface area contributed by atoms with E-state index in [4.69, 9.17) is 5.73 Å². The van der Waals surface area contributed by atoms with Crippen molar-refractivity contribution in [1.29, 1.82) is 5.26 Å². The second kappa shape index (κ2) is 9.49. The summed E-state index contributed by atoms with van der Waals surface area (Å²) in [7, 11) is 0. The van der Waals surface area contributed by atoms with E-state index in [-0.39, 0.29) is 22.7 Å². The summed E-state index contributed by atoms with van der Waals surface area (Å²) in [5.74, 6) is -2.10. The van der Waals surface area contributed by atoms with Crippen LogP contribution in [0.15, 0.2) is 95.3 Å². The first-order valence-electron chi connectivity index (χ1n) is 11.0. The van der Waals surface area contributed by atoms with Gasteiger partial charge in [0.25, 0.3) is 11.5 Å². The molecule has 0 bridgehead atoms. The van der Waals surface area contributed by atoms with E-state index < -0.39 is 23.2 Å². The number of nitrogens with two attached hydrogens (primary N) is 1. The monoisotopic (exact) mass is 494 g/mol. The highest BCUT2D eigenvalue weighted by Crippen LogP contribution is 2.36. The Morgan fingerprint density at radius 2 is 1.67 bits per heavy atom. The third-order valence-electron chi connectivity index (χ3n) is 5.87. The van der Waals surface area contributed by atoms with Gasteiger partial charge in [-0.05, 0) is 29.3 Å². The average Bonchev–Trinajstić information content (AvgIpc) is 3.22. The van der Waals surface area contributed by atoms with Crippen LogP contribution in [0.4, 0.5) is 10.1 Å². The number of carbonyl (C=O) groups is 1. The normalized spacial score (nSPS) is 15.4. The second-order valence-corrected chi connectivity index (χ2v) is 9.10. The van der Waals surface area contributed by atoms with Crippen LogP contribution in [-0.2, 0) is 4.79 Å². The highest BCUT2D eigenvalue weighted by Gasteiger charge is 2.35. The number of amides is 1. The number of nitrogens with one attached hydrogen (secondary N) is 1. The number of nitrogens with zero attached hydrogens (tertiary/aromatic N) is 2. The van der Waals surface area contributed by atoms with Gasteiger partial charge < -0.3 is 11.1 Å². The number of aromatic nitrogens is 1. The Labute approximate surface area is 209 Å². The molecule has 0 saturated carbocycles. The maximum absolute atomic E-state index is 14.4. The maximum Gasteiger partial charge on any atom is 0.274 e. The van der Waals surface area contributed by atoms with Gasteiger partial charge in [-0.3, -0.25) is 14.2 Å². The lowest BCUT2D eigenvalue weighted by Crippen LogP contribution is -2.40. The number of hydrogen-bond acceptors (Lipinski definition) is 5. The average molecular weight is 495 g/mol. The van der Waals surface area contributed by atoms with Crippen molar-refractivity contribution in [2.24, 2.45) is 5.73 Å². The molecule has 36 heavy (non-hydrogen) atoms. The van der Waals surface area contributed by atoms with E-state index in [0.717, 1.165) is 16.9 Å². The fourth-order valence-electron chi connectivity index (χ4n) is 4.20. The summed E-state index contributed by atoms with van der Waals surface area (Å²) >= 11 is 1.10. The number of allylic oxidation sites excluding steroid dienone is 1. The van der Waals surface area contributed by atoms with Crippen molar-refractivity contribution in [3.8, 4) is 6.07 Å². The molecule has 0 aliphatic carbocycles. The van der Waals surface area contributed by atoms with Gasteiger partial charge in [0, 0.05) is 0 Å². The molecule has 0 fully saturated rings. The molecule has 8 heteroatoms. The van der Waals surface area contributed by atoms with E-state index in [9.17, 15) is 19.2 Å². The summed E-state index contributed by atoms with van der Waals surface area (Å²) in [5, 5.41) is 12.7. The van der Waals surface area contributed by atoms with Crippen molar-refractivity contribution in [3.63, 3.8) is 0 Å². The van der Waals surface area contributed by atoms with Crippen molar-refractivity contribution in [2.45, 2.75) is 5.92 Å². The summed E-state index contributed by atoms with van der Waals surface area (Å²) in [6, 6.07) is 26.1. The smallest absolute Gasteiger partial charge is 0.274 e. The molecule has 1 atom stereocenters. The predicted octanol–water partition coefficient (Wildman–Crippen LogP) is 3.12. The molecular formula is C28H19FN4O2S. The van der Waals surface area contributed by atoms with Gasteiger partial charge in [0.2, 0.25) is 0 Å². The zero-order chi connectivity index (χ0) is 25.2. The molecule has 1 aromatic heterocycles. The number of carbonyl (C=O) groups excluding carboxylic acids is 1. The van der Waals surface area contributed by atoms with Crippen molar-refractivity contribution < 1.29 is 9.18 Å². The number of anilines is 1. The molecule has 0 spiro atoms. The summed E-state index contributed by atoms with van der Waals surface area (Å²) in [5.41, 5.74) is 7.60. The minimum absolute atomic E-state index is 0.00984. The first-order chi connectivity index (χ1) is 17.5. The van der Waals surface area contributed by atoms with Gasteiger partial charge >= 0.3 is 0 Å². The summed E-state index contributed by atoms with van der Waals surface area (Å²) in [6.07, 6.45) is 1.71. The van der Waals surface area contributed by atoms with Crippen molar-refractivity contribution in [1.82, 2.24) is 4.57 Å². The third-order valence-corrected chi connectivity index (χ3v) is 6.97.